The lowest BCUT2D eigenvalue weighted by atomic mass is 10.1. The molecule has 1 aromatic carbocycles. The normalized spacial score (nSPS) is 11.7. The third-order valence-corrected chi connectivity index (χ3v) is 2.94. The van der Waals surface area contributed by atoms with Gasteiger partial charge in [0, 0.05) is 13.6 Å². The van der Waals surface area contributed by atoms with E-state index in [4.69, 9.17) is 10.2 Å². The van der Waals surface area contributed by atoms with Gasteiger partial charge in [-0.1, -0.05) is 30.3 Å². The third kappa shape index (κ3) is 5.27. The van der Waals surface area contributed by atoms with Gasteiger partial charge in [0.25, 0.3) is 0 Å². The molecule has 0 saturated heterocycles. The Hall–Kier alpha value is -2.08. The molecular weight excluding hydrogens is 260 g/mol. The Labute approximate surface area is 118 Å². The van der Waals surface area contributed by atoms with Crippen LogP contribution in [-0.4, -0.2) is 53.4 Å². The highest BCUT2D eigenvalue weighted by Gasteiger charge is 2.21. The first kappa shape index (κ1) is 16.0. The van der Waals surface area contributed by atoms with Crippen LogP contribution in [0.3, 0.4) is 0 Å². The van der Waals surface area contributed by atoms with E-state index in [-0.39, 0.29) is 13.2 Å². The highest BCUT2D eigenvalue weighted by molar-refractivity contribution is 5.82. The van der Waals surface area contributed by atoms with Crippen molar-refractivity contribution in [1.82, 2.24) is 10.2 Å². The number of carbonyl (C=O) groups is 2. The maximum atomic E-state index is 11.7. The van der Waals surface area contributed by atoms with Gasteiger partial charge in [0.05, 0.1) is 6.61 Å². The van der Waals surface area contributed by atoms with Crippen molar-refractivity contribution in [2.75, 3.05) is 20.2 Å². The second-order valence-electron chi connectivity index (χ2n) is 4.51. The number of carboxylic acid groups (broad SMARTS) is 1. The zero-order valence-corrected chi connectivity index (χ0v) is 11.5. The smallest absolute Gasteiger partial charge is 0.326 e. The molecule has 1 aromatic rings. The minimum absolute atomic E-state index is 0.161. The second-order valence-corrected chi connectivity index (χ2v) is 4.51. The monoisotopic (exact) mass is 280 g/mol. The molecule has 0 saturated carbocycles. The molecule has 0 heterocycles. The number of benzene rings is 1. The summed E-state index contributed by atoms with van der Waals surface area (Å²) in [5.74, 6) is -1.06. The van der Waals surface area contributed by atoms with E-state index in [0.717, 1.165) is 5.56 Å². The number of rotatable bonds is 7. The van der Waals surface area contributed by atoms with E-state index >= 15 is 0 Å². The average molecular weight is 280 g/mol. The largest absolute Gasteiger partial charge is 0.480 e. The first-order valence-corrected chi connectivity index (χ1v) is 6.43. The van der Waals surface area contributed by atoms with Crippen molar-refractivity contribution >= 4 is 12.0 Å². The van der Waals surface area contributed by atoms with Crippen LogP contribution in [0, 0.1) is 0 Å². The minimum atomic E-state index is -1.06. The number of carboxylic acids is 1. The molecular formula is C14H20N2O4. The number of urea groups is 1. The molecule has 3 N–H and O–H groups in total. The third-order valence-electron chi connectivity index (χ3n) is 2.94. The number of aliphatic carboxylic acids is 1. The van der Waals surface area contributed by atoms with Crippen molar-refractivity contribution in [3.63, 3.8) is 0 Å². The number of hydrogen-bond acceptors (Lipinski definition) is 3. The highest BCUT2D eigenvalue weighted by Crippen LogP contribution is 2.05. The lowest BCUT2D eigenvalue weighted by molar-refractivity contribution is -0.139. The zero-order chi connectivity index (χ0) is 15.0. The number of nitrogens with one attached hydrogen (secondary N) is 1. The molecule has 6 heteroatoms. The maximum Gasteiger partial charge on any atom is 0.326 e. The summed E-state index contributed by atoms with van der Waals surface area (Å²) in [7, 11) is 1.50. The highest BCUT2D eigenvalue weighted by atomic mass is 16.4. The van der Waals surface area contributed by atoms with Crippen molar-refractivity contribution in [2.24, 2.45) is 0 Å². The number of aliphatic hydroxyl groups excluding tert-OH is 1. The molecule has 0 aliphatic heterocycles. The van der Waals surface area contributed by atoms with Gasteiger partial charge in [0.2, 0.25) is 0 Å². The predicted molar refractivity (Wildman–Crippen MR) is 74.4 cm³/mol. The Bertz CT molecular complexity index is 436. The number of aliphatic hydroxyl groups is 1. The molecule has 0 radical (unpaired) electrons. The summed E-state index contributed by atoms with van der Waals surface area (Å²) in [6, 6.07) is 8.06. The van der Waals surface area contributed by atoms with Gasteiger partial charge < -0.3 is 20.4 Å². The summed E-state index contributed by atoms with van der Waals surface area (Å²) >= 11 is 0. The summed E-state index contributed by atoms with van der Waals surface area (Å²) in [6.45, 7) is 0.00251. The van der Waals surface area contributed by atoms with Crippen LogP contribution in [-0.2, 0) is 11.2 Å². The van der Waals surface area contributed by atoms with E-state index in [2.05, 4.69) is 5.32 Å². The molecule has 110 valence electrons. The summed E-state index contributed by atoms with van der Waals surface area (Å²) in [5, 5.41) is 20.3. The molecule has 6 nitrogen and oxygen atoms in total. The van der Waals surface area contributed by atoms with Crippen molar-refractivity contribution in [2.45, 2.75) is 18.9 Å². The molecule has 2 amide bonds. The Kier molecular flexibility index (Phi) is 6.52. The van der Waals surface area contributed by atoms with E-state index in [1.807, 2.05) is 30.3 Å². The second kappa shape index (κ2) is 8.16. The van der Waals surface area contributed by atoms with Crippen molar-refractivity contribution in [3.8, 4) is 0 Å². The number of aryl methyl sites for hydroxylation is 1. The van der Waals surface area contributed by atoms with Crippen molar-refractivity contribution < 1.29 is 19.8 Å². The fraction of sp³-hybridized carbons (Fsp3) is 0.429. The first-order valence-electron chi connectivity index (χ1n) is 6.43. The van der Waals surface area contributed by atoms with Gasteiger partial charge in [0.1, 0.15) is 6.04 Å². The average Bonchev–Trinajstić information content (AvgIpc) is 2.44. The quantitative estimate of drug-likeness (QED) is 0.686. The van der Waals surface area contributed by atoms with Gasteiger partial charge in [-0.2, -0.15) is 0 Å². The molecule has 0 spiro atoms. The van der Waals surface area contributed by atoms with Gasteiger partial charge in [-0.3, -0.25) is 0 Å². The fourth-order valence-electron chi connectivity index (χ4n) is 1.72. The number of amides is 2. The maximum absolute atomic E-state index is 11.7. The minimum Gasteiger partial charge on any atom is -0.480 e. The van der Waals surface area contributed by atoms with Gasteiger partial charge in [-0.15, -0.1) is 0 Å². The van der Waals surface area contributed by atoms with Crippen LogP contribution in [0.4, 0.5) is 4.79 Å². The number of hydrogen-bond donors (Lipinski definition) is 3. The molecule has 0 fully saturated rings. The number of nitrogens with zero attached hydrogens (tertiary/aromatic N) is 1. The molecule has 0 aliphatic carbocycles. The van der Waals surface area contributed by atoms with Crippen LogP contribution in [0.2, 0.25) is 0 Å². The Morgan fingerprint density at radius 1 is 1.30 bits per heavy atom. The summed E-state index contributed by atoms with van der Waals surface area (Å²) < 4.78 is 0. The number of carbonyl (C=O) groups excluding carboxylic acids is 1. The number of likely N-dealkylation sites (N-methyl/N-ethyl adjacent to an activating group) is 1. The van der Waals surface area contributed by atoms with Crippen molar-refractivity contribution in [1.29, 1.82) is 0 Å². The molecule has 0 aromatic heterocycles. The van der Waals surface area contributed by atoms with Crippen LogP contribution < -0.4 is 5.32 Å². The van der Waals surface area contributed by atoms with Gasteiger partial charge in [-0.05, 0) is 18.4 Å². The van der Waals surface area contributed by atoms with Gasteiger partial charge >= 0.3 is 12.0 Å². The molecule has 0 unspecified atom stereocenters. The van der Waals surface area contributed by atoms with Crippen LogP contribution in [0.15, 0.2) is 30.3 Å². The van der Waals surface area contributed by atoms with Crippen molar-refractivity contribution in [3.05, 3.63) is 35.9 Å². The van der Waals surface area contributed by atoms with E-state index in [0.29, 0.717) is 12.8 Å². The Balaban J connectivity index is 2.52. The topological polar surface area (TPSA) is 89.9 Å². The van der Waals surface area contributed by atoms with E-state index in [9.17, 15) is 9.59 Å². The molecule has 1 rings (SSSR count). The Morgan fingerprint density at radius 3 is 2.50 bits per heavy atom. The SMILES string of the molecule is CN(CCO)C(=O)N[C@@H](CCc1ccccc1)C(=O)O. The molecule has 1 atom stereocenters. The van der Waals surface area contributed by atoms with E-state index in [1.165, 1.54) is 11.9 Å². The Morgan fingerprint density at radius 2 is 1.95 bits per heavy atom. The lowest BCUT2D eigenvalue weighted by Gasteiger charge is -2.20. The van der Waals surface area contributed by atoms with Gasteiger partial charge in [0.15, 0.2) is 0 Å². The van der Waals surface area contributed by atoms with E-state index < -0.39 is 18.0 Å². The lowest BCUT2D eigenvalue weighted by Crippen LogP contribution is -2.47. The van der Waals surface area contributed by atoms with Crippen LogP contribution >= 0.6 is 0 Å². The molecule has 0 aliphatic rings. The first-order chi connectivity index (χ1) is 9.54. The van der Waals surface area contributed by atoms with Crippen LogP contribution in [0.5, 0.6) is 0 Å². The fourth-order valence-corrected chi connectivity index (χ4v) is 1.72. The van der Waals surface area contributed by atoms with Crippen LogP contribution in [0.25, 0.3) is 0 Å². The standard InChI is InChI=1S/C14H20N2O4/c1-16(9-10-17)14(20)15-12(13(18)19)8-7-11-5-3-2-4-6-11/h2-6,12,17H,7-10H2,1H3,(H,15,20)(H,18,19)/t12-/m0/s1. The van der Waals surface area contributed by atoms with Crippen LogP contribution in [0.1, 0.15) is 12.0 Å². The summed E-state index contributed by atoms with van der Waals surface area (Å²) in [4.78, 5) is 24.1. The molecule has 0 bridgehead atoms. The zero-order valence-electron chi connectivity index (χ0n) is 11.5. The van der Waals surface area contributed by atoms with Gasteiger partial charge in [-0.25, -0.2) is 9.59 Å². The molecule has 20 heavy (non-hydrogen) atoms. The van der Waals surface area contributed by atoms with E-state index in [1.54, 1.807) is 0 Å². The summed E-state index contributed by atoms with van der Waals surface area (Å²) in [5.41, 5.74) is 1.02. The summed E-state index contributed by atoms with van der Waals surface area (Å²) in [6.07, 6.45) is 0.889. The predicted octanol–water partition coefficient (Wildman–Crippen LogP) is 0.706.